The highest BCUT2D eigenvalue weighted by atomic mass is 19.1. The van der Waals surface area contributed by atoms with Gasteiger partial charge in [0.2, 0.25) is 11.8 Å². The van der Waals surface area contributed by atoms with Gasteiger partial charge in [0.15, 0.2) is 0 Å². The summed E-state index contributed by atoms with van der Waals surface area (Å²) < 4.78 is 38.7. The molecule has 1 atom stereocenters. The van der Waals surface area contributed by atoms with Crippen molar-refractivity contribution in [3.05, 3.63) is 60.2 Å². The van der Waals surface area contributed by atoms with Gasteiger partial charge in [-0.3, -0.25) is 9.59 Å². The summed E-state index contributed by atoms with van der Waals surface area (Å²) in [7, 11) is 1.86. The topological polar surface area (TPSA) is 62.3 Å². The molecule has 0 bridgehead atoms. The molecule has 0 radical (unpaired) electrons. The van der Waals surface area contributed by atoms with Crippen LogP contribution in [0.5, 0.6) is 5.75 Å². The Hall–Kier alpha value is -3.20. The van der Waals surface area contributed by atoms with E-state index >= 15 is 0 Å². The van der Waals surface area contributed by atoms with E-state index in [1.807, 2.05) is 16.8 Å². The van der Waals surface area contributed by atoms with E-state index in [9.17, 15) is 18.4 Å². The lowest BCUT2D eigenvalue weighted by atomic mass is 9.96. The third-order valence-electron chi connectivity index (χ3n) is 7.03. The molecule has 0 N–H and O–H groups in total. The van der Waals surface area contributed by atoms with Gasteiger partial charge in [0.25, 0.3) is 0 Å². The molecule has 2 amide bonds. The molecular formula is C28H35F2N3O4. The molecule has 2 aromatic rings. The molecule has 2 heterocycles. The van der Waals surface area contributed by atoms with E-state index in [1.165, 1.54) is 36.4 Å². The molecular weight excluding hydrogens is 480 g/mol. The van der Waals surface area contributed by atoms with Gasteiger partial charge in [-0.2, -0.15) is 0 Å². The fraction of sp³-hybridized carbons (Fsp3) is 0.500. The van der Waals surface area contributed by atoms with E-state index in [0.717, 1.165) is 38.0 Å². The molecule has 0 spiro atoms. The predicted molar refractivity (Wildman–Crippen MR) is 136 cm³/mol. The average molecular weight is 516 g/mol. The summed E-state index contributed by atoms with van der Waals surface area (Å²) in [6.07, 6.45) is 3.46. The highest BCUT2D eigenvalue weighted by Crippen LogP contribution is 2.27. The van der Waals surface area contributed by atoms with E-state index in [1.54, 1.807) is 17.0 Å². The standard InChI is InChI=1S/C28H35F2N3O4/c1-31(24-9-5-22(29)6-10-24)16-13-26(34)33-17-18-37-28(20-33,19-27(35)32-14-3-2-4-15-32)21-36-25-11-7-23(30)8-12-25/h5-12H,2-4,13-21H2,1H3/t28-/m0/s1. The number of piperidine rings is 1. The van der Waals surface area contributed by atoms with Gasteiger partial charge in [-0.05, 0) is 67.8 Å². The Labute approximate surface area is 216 Å². The van der Waals surface area contributed by atoms with Crippen LogP contribution in [0.2, 0.25) is 0 Å². The maximum absolute atomic E-state index is 13.3. The fourth-order valence-corrected chi connectivity index (χ4v) is 4.83. The average Bonchev–Trinajstić information content (AvgIpc) is 2.92. The third kappa shape index (κ3) is 7.41. The molecule has 2 saturated heterocycles. The highest BCUT2D eigenvalue weighted by Gasteiger charge is 2.42. The van der Waals surface area contributed by atoms with Crippen LogP contribution in [0, 0.1) is 11.6 Å². The van der Waals surface area contributed by atoms with Gasteiger partial charge in [-0.25, -0.2) is 8.78 Å². The molecule has 4 rings (SSSR count). The number of hydrogen-bond acceptors (Lipinski definition) is 5. The Morgan fingerprint density at radius 3 is 2.24 bits per heavy atom. The molecule has 2 fully saturated rings. The maximum atomic E-state index is 13.3. The number of morpholine rings is 1. The van der Waals surface area contributed by atoms with Crippen LogP contribution in [0.3, 0.4) is 0 Å². The lowest BCUT2D eigenvalue weighted by molar-refractivity contribution is -0.166. The predicted octanol–water partition coefficient (Wildman–Crippen LogP) is 3.87. The Morgan fingerprint density at radius 1 is 0.919 bits per heavy atom. The van der Waals surface area contributed by atoms with Crippen LogP contribution in [-0.4, -0.2) is 80.2 Å². The van der Waals surface area contributed by atoms with Crippen molar-refractivity contribution < 1.29 is 27.8 Å². The molecule has 0 aliphatic carbocycles. The zero-order chi connectivity index (χ0) is 26.3. The van der Waals surface area contributed by atoms with Gasteiger partial charge in [0.05, 0.1) is 19.6 Å². The summed E-state index contributed by atoms with van der Waals surface area (Å²) >= 11 is 0. The van der Waals surface area contributed by atoms with E-state index in [0.29, 0.717) is 25.4 Å². The second-order valence-electron chi connectivity index (χ2n) is 9.86. The number of rotatable bonds is 9. The minimum absolute atomic E-state index is 0.00671. The van der Waals surface area contributed by atoms with Crippen molar-refractivity contribution in [3.63, 3.8) is 0 Å². The fourth-order valence-electron chi connectivity index (χ4n) is 4.83. The zero-order valence-corrected chi connectivity index (χ0v) is 21.3. The molecule has 2 aliphatic heterocycles. The second-order valence-corrected chi connectivity index (χ2v) is 9.86. The Bertz CT molecular complexity index is 1040. The first-order chi connectivity index (χ1) is 17.8. The minimum Gasteiger partial charge on any atom is -0.490 e. The number of ether oxygens (including phenoxy) is 2. The zero-order valence-electron chi connectivity index (χ0n) is 21.3. The number of anilines is 1. The SMILES string of the molecule is CN(CCC(=O)N1CCO[C@@](COc2ccc(F)cc2)(CC(=O)N2CCCCC2)C1)c1ccc(F)cc1. The van der Waals surface area contributed by atoms with Crippen molar-refractivity contribution >= 4 is 17.5 Å². The lowest BCUT2D eigenvalue weighted by Gasteiger charge is -2.43. The molecule has 200 valence electrons. The van der Waals surface area contributed by atoms with Crippen molar-refractivity contribution in [1.29, 1.82) is 0 Å². The Kier molecular flexibility index (Phi) is 8.97. The van der Waals surface area contributed by atoms with Gasteiger partial charge >= 0.3 is 0 Å². The third-order valence-corrected chi connectivity index (χ3v) is 7.03. The van der Waals surface area contributed by atoms with Crippen molar-refractivity contribution in [2.45, 2.75) is 37.7 Å². The Morgan fingerprint density at radius 2 is 1.57 bits per heavy atom. The van der Waals surface area contributed by atoms with Crippen LogP contribution in [0.4, 0.5) is 14.5 Å². The van der Waals surface area contributed by atoms with E-state index in [2.05, 4.69) is 0 Å². The van der Waals surface area contributed by atoms with Crippen molar-refractivity contribution in [2.24, 2.45) is 0 Å². The minimum atomic E-state index is -1.00. The maximum Gasteiger partial charge on any atom is 0.225 e. The normalized spacial score (nSPS) is 20.0. The number of carbonyl (C=O) groups is 2. The van der Waals surface area contributed by atoms with Gasteiger partial charge in [-0.15, -0.1) is 0 Å². The number of carbonyl (C=O) groups excluding carboxylic acids is 2. The largest absolute Gasteiger partial charge is 0.490 e. The van der Waals surface area contributed by atoms with Crippen LogP contribution in [0.1, 0.15) is 32.1 Å². The van der Waals surface area contributed by atoms with Crippen LogP contribution in [0.25, 0.3) is 0 Å². The van der Waals surface area contributed by atoms with E-state index < -0.39 is 5.60 Å². The summed E-state index contributed by atoms with van der Waals surface area (Å²) in [5, 5.41) is 0. The smallest absolute Gasteiger partial charge is 0.225 e. The summed E-state index contributed by atoms with van der Waals surface area (Å²) in [5.74, 6) is -0.251. The molecule has 0 saturated carbocycles. The van der Waals surface area contributed by atoms with Crippen LogP contribution in [0.15, 0.2) is 48.5 Å². The number of hydrogen-bond donors (Lipinski definition) is 0. The molecule has 2 aromatic carbocycles. The number of likely N-dealkylation sites (tertiary alicyclic amines) is 1. The molecule has 37 heavy (non-hydrogen) atoms. The summed E-state index contributed by atoms with van der Waals surface area (Å²) in [6, 6.07) is 11.8. The second kappa shape index (κ2) is 12.4. The monoisotopic (exact) mass is 515 g/mol. The highest BCUT2D eigenvalue weighted by molar-refractivity contribution is 5.79. The van der Waals surface area contributed by atoms with Crippen LogP contribution < -0.4 is 9.64 Å². The van der Waals surface area contributed by atoms with Gasteiger partial charge in [0.1, 0.15) is 29.6 Å². The van der Waals surface area contributed by atoms with E-state index in [-0.39, 0.29) is 49.4 Å². The van der Waals surface area contributed by atoms with Crippen molar-refractivity contribution in [1.82, 2.24) is 9.80 Å². The van der Waals surface area contributed by atoms with Gasteiger partial charge in [-0.1, -0.05) is 0 Å². The molecule has 7 nitrogen and oxygen atoms in total. The number of halogens is 2. The first-order valence-corrected chi connectivity index (χ1v) is 12.9. The quantitative estimate of drug-likeness (QED) is 0.508. The first kappa shape index (κ1) is 26.9. The van der Waals surface area contributed by atoms with Crippen molar-refractivity contribution in [3.8, 4) is 5.75 Å². The van der Waals surface area contributed by atoms with Gasteiger partial charge < -0.3 is 24.2 Å². The number of nitrogens with zero attached hydrogens (tertiary/aromatic N) is 3. The molecule has 0 aromatic heterocycles. The molecule has 0 unspecified atom stereocenters. The molecule has 2 aliphatic rings. The van der Waals surface area contributed by atoms with Gasteiger partial charge in [0, 0.05) is 45.3 Å². The first-order valence-electron chi connectivity index (χ1n) is 12.9. The van der Waals surface area contributed by atoms with Crippen molar-refractivity contribution in [2.75, 3.05) is 57.9 Å². The number of benzene rings is 2. The summed E-state index contributed by atoms with van der Waals surface area (Å²) in [4.78, 5) is 31.9. The van der Waals surface area contributed by atoms with Crippen LogP contribution >= 0.6 is 0 Å². The lowest BCUT2D eigenvalue weighted by Crippen LogP contribution is -2.58. The summed E-state index contributed by atoms with van der Waals surface area (Å²) in [6.45, 7) is 2.94. The van der Waals surface area contributed by atoms with Crippen LogP contribution in [-0.2, 0) is 14.3 Å². The Balaban J connectivity index is 1.42. The number of amides is 2. The summed E-state index contributed by atoms with van der Waals surface area (Å²) in [5.41, 5.74) is -0.176. The van der Waals surface area contributed by atoms with E-state index in [4.69, 9.17) is 9.47 Å². The molecule has 9 heteroatoms.